The Morgan fingerprint density at radius 3 is 2.34 bits per heavy atom. The van der Waals surface area contributed by atoms with Crippen molar-refractivity contribution in [3.05, 3.63) is 30.3 Å². The summed E-state index contributed by atoms with van der Waals surface area (Å²) >= 11 is 0. The number of nitrogens with zero attached hydrogens (tertiary/aromatic N) is 2. The molecule has 0 radical (unpaired) electrons. The van der Waals surface area contributed by atoms with Gasteiger partial charge in [-0.25, -0.2) is 0 Å². The minimum atomic E-state index is -0.235. The molecule has 1 spiro atoms. The Balaban J connectivity index is 1.20. The second kappa shape index (κ2) is 8.53. The number of para-hydroxylation sites is 1. The first-order chi connectivity index (χ1) is 14.1. The Morgan fingerprint density at radius 1 is 1.03 bits per heavy atom. The topological polar surface area (TPSA) is 81.8 Å². The largest absolute Gasteiger partial charge is 0.356 e. The maximum Gasteiger partial charge on any atom is 0.236 e. The lowest BCUT2D eigenvalue weighted by Crippen LogP contribution is -2.50. The van der Waals surface area contributed by atoms with Gasteiger partial charge in [0.2, 0.25) is 17.7 Å². The molecule has 7 nitrogen and oxygen atoms in total. The molecular formula is C22H30N4O3. The standard InChI is InChI=1S/C22H30N4O3/c27-19(26-14-9-22(10-15-26)8-11-23-21(22)29)16-25-12-6-17(7-13-25)20(28)24-18-4-2-1-3-5-18/h1-5,17H,6-16H2,(H,23,29)(H,24,28). The van der Waals surface area contributed by atoms with Crippen LogP contribution >= 0.6 is 0 Å². The van der Waals surface area contributed by atoms with Gasteiger partial charge in [-0.05, 0) is 57.3 Å². The number of hydrogen-bond donors (Lipinski definition) is 2. The van der Waals surface area contributed by atoms with Crippen molar-refractivity contribution in [2.45, 2.75) is 32.1 Å². The van der Waals surface area contributed by atoms with Gasteiger partial charge in [0.05, 0.1) is 12.0 Å². The molecule has 3 saturated heterocycles. The SMILES string of the molecule is O=C(Nc1ccccc1)C1CCN(CC(=O)N2CCC3(CCNC3=O)CC2)CC1. The molecule has 1 aromatic carbocycles. The predicted molar refractivity (Wildman–Crippen MR) is 110 cm³/mol. The van der Waals surface area contributed by atoms with Crippen LogP contribution in [0.1, 0.15) is 32.1 Å². The monoisotopic (exact) mass is 398 g/mol. The highest BCUT2D eigenvalue weighted by Gasteiger charge is 2.45. The number of nitrogens with one attached hydrogen (secondary N) is 2. The minimum absolute atomic E-state index is 0.00252. The number of amides is 3. The van der Waals surface area contributed by atoms with Crippen molar-refractivity contribution >= 4 is 23.4 Å². The van der Waals surface area contributed by atoms with Gasteiger partial charge < -0.3 is 15.5 Å². The summed E-state index contributed by atoms with van der Waals surface area (Å²) in [5.41, 5.74) is 0.593. The fraction of sp³-hybridized carbons (Fsp3) is 0.591. The summed E-state index contributed by atoms with van der Waals surface area (Å²) in [6.07, 6.45) is 3.98. The fourth-order valence-electron chi connectivity index (χ4n) is 4.79. The zero-order valence-corrected chi connectivity index (χ0v) is 16.9. The molecule has 3 aliphatic rings. The Hall–Kier alpha value is -2.41. The summed E-state index contributed by atoms with van der Waals surface area (Å²) < 4.78 is 0. The average Bonchev–Trinajstić information content (AvgIpc) is 3.09. The highest BCUT2D eigenvalue weighted by molar-refractivity contribution is 5.92. The number of piperidine rings is 2. The molecular weight excluding hydrogens is 368 g/mol. The van der Waals surface area contributed by atoms with Crippen LogP contribution in [0.15, 0.2) is 30.3 Å². The lowest BCUT2D eigenvalue weighted by atomic mass is 9.77. The molecule has 29 heavy (non-hydrogen) atoms. The van der Waals surface area contributed by atoms with Crippen molar-refractivity contribution in [2.24, 2.45) is 11.3 Å². The van der Waals surface area contributed by atoms with Crippen LogP contribution in [0, 0.1) is 11.3 Å². The van der Waals surface area contributed by atoms with Gasteiger partial charge >= 0.3 is 0 Å². The van der Waals surface area contributed by atoms with Crippen LogP contribution in [-0.4, -0.2) is 66.8 Å². The maximum atomic E-state index is 12.7. The van der Waals surface area contributed by atoms with E-state index in [4.69, 9.17) is 0 Å². The molecule has 3 fully saturated rings. The van der Waals surface area contributed by atoms with Crippen LogP contribution in [0.4, 0.5) is 5.69 Å². The minimum Gasteiger partial charge on any atom is -0.356 e. The fourth-order valence-corrected chi connectivity index (χ4v) is 4.79. The molecule has 0 atom stereocenters. The van der Waals surface area contributed by atoms with E-state index in [1.54, 1.807) is 0 Å². The molecule has 0 unspecified atom stereocenters. The van der Waals surface area contributed by atoms with Crippen molar-refractivity contribution in [1.82, 2.24) is 15.1 Å². The predicted octanol–water partition coefficient (Wildman–Crippen LogP) is 1.47. The molecule has 1 aromatic rings. The van der Waals surface area contributed by atoms with E-state index in [1.807, 2.05) is 35.2 Å². The third-order valence-corrected chi connectivity index (χ3v) is 6.80. The van der Waals surface area contributed by atoms with Crippen LogP contribution in [0.25, 0.3) is 0 Å². The lowest BCUT2D eigenvalue weighted by molar-refractivity contribution is -0.139. The van der Waals surface area contributed by atoms with Crippen LogP contribution in [-0.2, 0) is 14.4 Å². The molecule has 0 bridgehead atoms. The summed E-state index contributed by atoms with van der Waals surface area (Å²) in [6.45, 7) is 4.04. The third-order valence-electron chi connectivity index (χ3n) is 6.80. The molecule has 0 saturated carbocycles. The van der Waals surface area contributed by atoms with E-state index in [9.17, 15) is 14.4 Å². The first kappa shape index (κ1) is 19.9. The molecule has 0 aliphatic carbocycles. The average molecular weight is 399 g/mol. The van der Waals surface area contributed by atoms with E-state index in [-0.39, 0.29) is 29.1 Å². The second-order valence-corrected chi connectivity index (χ2v) is 8.57. The van der Waals surface area contributed by atoms with Gasteiger partial charge in [-0.1, -0.05) is 18.2 Å². The Morgan fingerprint density at radius 2 is 1.72 bits per heavy atom. The number of benzene rings is 1. The lowest BCUT2D eigenvalue weighted by Gasteiger charge is -2.38. The van der Waals surface area contributed by atoms with Crippen LogP contribution in [0.2, 0.25) is 0 Å². The smallest absolute Gasteiger partial charge is 0.236 e. The highest BCUT2D eigenvalue weighted by atomic mass is 16.2. The van der Waals surface area contributed by atoms with E-state index in [0.29, 0.717) is 19.6 Å². The maximum absolute atomic E-state index is 12.7. The quantitative estimate of drug-likeness (QED) is 0.805. The summed E-state index contributed by atoms with van der Waals surface area (Å²) in [6, 6.07) is 9.53. The molecule has 3 aliphatic heterocycles. The van der Waals surface area contributed by atoms with E-state index in [2.05, 4.69) is 15.5 Å². The molecule has 4 rings (SSSR count). The Kier molecular flexibility index (Phi) is 5.85. The Labute approximate surface area is 171 Å². The van der Waals surface area contributed by atoms with Crippen molar-refractivity contribution in [3.8, 4) is 0 Å². The van der Waals surface area contributed by atoms with Crippen LogP contribution in [0.5, 0.6) is 0 Å². The van der Waals surface area contributed by atoms with Gasteiger partial charge in [-0.2, -0.15) is 0 Å². The van der Waals surface area contributed by atoms with Gasteiger partial charge in [0.1, 0.15) is 0 Å². The zero-order valence-electron chi connectivity index (χ0n) is 16.9. The molecule has 3 heterocycles. The first-order valence-electron chi connectivity index (χ1n) is 10.7. The van der Waals surface area contributed by atoms with Crippen molar-refractivity contribution in [1.29, 1.82) is 0 Å². The van der Waals surface area contributed by atoms with E-state index >= 15 is 0 Å². The molecule has 7 heteroatoms. The number of rotatable bonds is 4. The number of anilines is 1. The van der Waals surface area contributed by atoms with Crippen molar-refractivity contribution in [2.75, 3.05) is 44.6 Å². The van der Waals surface area contributed by atoms with Gasteiger partial charge in [0.25, 0.3) is 0 Å². The van der Waals surface area contributed by atoms with Gasteiger partial charge in [0.15, 0.2) is 0 Å². The molecule has 2 N–H and O–H groups in total. The van der Waals surface area contributed by atoms with Crippen LogP contribution < -0.4 is 10.6 Å². The van der Waals surface area contributed by atoms with Gasteiger partial charge in [-0.15, -0.1) is 0 Å². The van der Waals surface area contributed by atoms with Crippen molar-refractivity contribution in [3.63, 3.8) is 0 Å². The van der Waals surface area contributed by atoms with Crippen LogP contribution in [0.3, 0.4) is 0 Å². The first-order valence-corrected chi connectivity index (χ1v) is 10.7. The number of carbonyl (C=O) groups is 3. The number of carbonyl (C=O) groups excluding carboxylic acids is 3. The van der Waals surface area contributed by atoms with E-state index < -0.39 is 0 Å². The van der Waals surface area contributed by atoms with Gasteiger partial charge in [-0.3, -0.25) is 19.3 Å². The highest BCUT2D eigenvalue weighted by Crippen LogP contribution is 2.38. The normalized spacial score (nSPS) is 22.5. The van der Waals surface area contributed by atoms with E-state index in [1.165, 1.54) is 0 Å². The molecule has 3 amide bonds. The summed E-state index contributed by atoms with van der Waals surface area (Å²) in [7, 11) is 0. The third kappa shape index (κ3) is 4.45. The van der Waals surface area contributed by atoms with Gasteiger partial charge in [0, 0.05) is 31.2 Å². The summed E-state index contributed by atoms with van der Waals surface area (Å²) in [5.74, 6) is 0.376. The van der Waals surface area contributed by atoms with E-state index in [0.717, 1.165) is 57.4 Å². The number of likely N-dealkylation sites (tertiary alicyclic amines) is 2. The zero-order chi connectivity index (χ0) is 20.3. The summed E-state index contributed by atoms with van der Waals surface area (Å²) in [4.78, 5) is 41.3. The second-order valence-electron chi connectivity index (χ2n) is 8.57. The molecule has 156 valence electrons. The summed E-state index contributed by atoms with van der Waals surface area (Å²) in [5, 5.41) is 5.92. The van der Waals surface area contributed by atoms with Crippen molar-refractivity contribution < 1.29 is 14.4 Å². The Bertz CT molecular complexity index is 751. The molecule has 0 aromatic heterocycles. The number of hydrogen-bond acceptors (Lipinski definition) is 4.